The zero-order valence-electron chi connectivity index (χ0n) is 12.5. The predicted octanol–water partition coefficient (Wildman–Crippen LogP) is 3.55. The summed E-state index contributed by atoms with van der Waals surface area (Å²) in [5, 5.41) is 4.34. The molecule has 0 aliphatic carbocycles. The Balaban J connectivity index is 0.00000220. The maximum absolute atomic E-state index is 5.82. The van der Waals surface area contributed by atoms with Crippen LogP contribution >= 0.6 is 35.3 Å². The minimum atomic E-state index is 0. The molecule has 6 heteroatoms. The number of nitrogens with one attached hydrogen (secondary N) is 1. The van der Waals surface area contributed by atoms with Gasteiger partial charge in [-0.2, -0.15) is 0 Å². The summed E-state index contributed by atoms with van der Waals surface area (Å²) in [6, 6.07) is 8.63. The maximum Gasteiger partial charge on any atom is 0.188 e. The number of hydrogen-bond acceptors (Lipinski definition) is 3. The third kappa shape index (κ3) is 5.78. The van der Waals surface area contributed by atoms with E-state index in [1.807, 2.05) is 6.07 Å². The molecule has 1 unspecified atom stereocenters. The standard InChI is InChI=1S/C15H22N4S.HI/c1-3-11(2)18-15(16)17-10-6-9-14-19-12-7-4-5-8-13(12)20-14;/h4-5,7-8,11H,3,6,9-10H2,1-2H3,(H3,16,17,18);1H. The average Bonchev–Trinajstić information content (AvgIpc) is 2.86. The summed E-state index contributed by atoms with van der Waals surface area (Å²) in [5.41, 5.74) is 6.91. The highest BCUT2D eigenvalue weighted by molar-refractivity contribution is 14.0. The van der Waals surface area contributed by atoms with Crippen LogP contribution in [0.5, 0.6) is 0 Å². The van der Waals surface area contributed by atoms with Crippen LogP contribution in [0.15, 0.2) is 29.3 Å². The number of halogens is 1. The zero-order chi connectivity index (χ0) is 14.4. The van der Waals surface area contributed by atoms with Crippen LogP contribution in [0.1, 0.15) is 31.7 Å². The number of hydrogen-bond donors (Lipinski definition) is 2. The number of nitrogens with zero attached hydrogens (tertiary/aromatic N) is 2. The normalized spacial score (nSPS) is 13.0. The highest BCUT2D eigenvalue weighted by atomic mass is 127. The summed E-state index contributed by atoms with van der Waals surface area (Å²) in [4.78, 5) is 8.96. The van der Waals surface area contributed by atoms with Crippen LogP contribution in [0.3, 0.4) is 0 Å². The molecule has 0 spiro atoms. The molecule has 0 bridgehead atoms. The van der Waals surface area contributed by atoms with E-state index >= 15 is 0 Å². The van der Waals surface area contributed by atoms with E-state index in [2.05, 4.69) is 47.3 Å². The minimum absolute atomic E-state index is 0. The number of benzene rings is 1. The van der Waals surface area contributed by atoms with E-state index < -0.39 is 0 Å². The Morgan fingerprint density at radius 2 is 2.19 bits per heavy atom. The number of fused-ring (bicyclic) bond motifs is 1. The Kier molecular flexibility index (Phi) is 7.95. The second kappa shape index (κ2) is 9.19. The van der Waals surface area contributed by atoms with Crippen molar-refractivity contribution in [1.29, 1.82) is 0 Å². The first-order valence-electron chi connectivity index (χ1n) is 7.10. The molecule has 2 aromatic rings. The number of aliphatic imine (C=N–C) groups is 1. The molecule has 1 atom stereocenters. The second-order valence-electron chi connectivity index (χ2n) is 4.90. The van der Waals surface area contributed by atoms with Gasteiger partial charge in [0.25, 0.3) is 0 Å². The number of nitrogens with two attached hydrogens (primary N) is 1. The number of aryl methyl sites for hydroxylation is 1. The summed E-state index contributed by atoms with van der Waals surface area (Å²) in [7, 11) is 0. The first-order valence-corrected chi connectivity index (χ1v) is 7.91. The Bertz CT molecular complexity index is 549. The zero-order valence-corrected chi connectivity index (χ0v) is 15.7. The van der Waals surface area contributed by atoms with Gasteiger partial charge in [0.05, 0.1) is 15.2 Å². The van der Waals surface area contributed by atoms with Gasteiger partial charge < -0.3 is 11.1 Å². The van der Waals surface area contributed by atoms with Gasteiger partial charge in [-0.3, -0.25) is 4.99 Å². The van der Waals surface area contributed by atoms with Crippen LogP contribution in [-0.2, 0) is 6.42 Å². The summed E-state index contributed by atoms with van der Waals surface area (Å²) in [6.07, 6.45) is 2.98. The Hall–Kier alpha value is -0.890. The molecule has 0 saturated heterocycles. The van der Waals surface area contributed by atoms with Gasteiger partial charge in [-0.05, 0) is 31.9 Å². The SMILES string of the molecule is CCC(C)NC(N)=NCCCc1nc2ccccc2s1.I. The molecule has 21 heavy (non-hydrogen) atoms. The van der Waals surface area contributed by atoms with Crippen LogP contribution in [0.25, 0.3) is 10.2 Å². The molecule has 2 rings (SSSR count). The van der Waals surface area contributed by atoms with Gasteiger partial charge in [0, 0.05) is 19.0 Å². The van der Waals surface area contributed by atoms with Crippen LogP contribution < -0.4 is 11.1 Å². The maximum atomic E-state index is 5.82. The van der Waals surface area contributed by atoms with E-state index in [0.717, 1.165) is 31.3 Å². The van der Waals surface area contributed by atoms with E-state index in [1.165, 1.54) is 9.71 Å². The molecule has 0 amide bonds. The van der Waals surface area contributed by atoms with Gasteiger partial charge >= 0.3 is 0 Å². The molecular weight excluding hydrogens is 395 g/mol. The third-order valence-corrected chi connectivity index (χ3v) is 4.27. The third-order valence-electron chi connectivity index (χ3n) is 3.18. The van der Waals surface area contributed by atoms with Gasteiger partial charge in [-0.25, -0.2) is 4.98 Å². The highest BCUT2D eigenvalue weighted by Crippen LogP contribution is 2.22. The van der Waals surface area contributed by atoms with Crippen molar-refractivity contribution < 1.29 is 0 Å². The molecule has 0 aliphatic rings. The monoisotopic (exact) mass is 418 g/mol. The van der Waals surface area contributed by atoms with Gasteiger partial charge in [0.1, 0.15) is 0 Å². The van der Waals surface area contributed by atoms with Crippen molar-refractivity contribution in [2.24, 2.45) is 10.7 Å². The van der Waals surface area contributed by atoms with Crippen molar-refractivity contribution in [3.8, 4) is 0 Å². The van der Waals surface area contributed by atoms with Crippen molar-refractivity contribution >= 4 is 51.5 Å². The van der Waals surface area contributed by atoms with Crippen LogP contribution in [0.2, 0.25) is 0 Å². The molecule has 1 aromatic heterocycles. The summed E-state index contributed by atoms with van der Waals surface area (Å²) in [5.74, 6) is 0.545. The average molecular weight is 418 g/mol. The van der Waals surface area contributed by atoms with Crippen molar-refractivity contribution in [2.75, 3.05) is 6.54 Å². The van der Waals surface area contributed by atoms with E-state index in [9.17, 15) is 0 Å². The first kappa shape index (κ1) is 18.2. The van der Waals surface area contributed by atoms with Gasteiger partial charge in [0.15, 0.2) is 5.96 Å². The molecule has 1 aromatic carbocycles. The molecule has 3 N–H and O–H groups in total. The number of para-hydroxylation sites is 1. The van der Waals surface area contributed by atoms with Crippen molar-refractivity contribution in [3.05, 3.63) is 29.3 Å². The summed E-state index contributed by atoms with van der Waals surface area (Å²) in [6.45, 7) is 4.97. The van der Waals surface area contributed by atoms with Crippen molar-refractivity contribution in [2.45, 2.75) is 39.2 Å². The van der Waals surface area contributed by atoms with E-state index in [1.54, 1.807) is 11.3 Å². The van der Waals surface area contributed by atoms with Crippen LogP contribution in [0.4, 0.5) is 0 Å². The molecule has 0 fully saturated rings. The van der Waals surface area contributed by atoms with E-state index in [4.69, 9.17) is 5.73 Å². The first-order chi connectivity index (χ1) is 9.69. The lowest BCUT2D eigenvalue weighted by Crippen LogP contribution is -2.38. The fourth-order valence-electron chi connectivity index (χ4n) is 1.86. The lowest BCUT2D eigenvalue weighted by molar-refractivity contribution is 0.635. The highest BCUT2D eigenvalue weighted by Gasteiger charge is 2.03. The smallest absolute Gasteiger partial charge is 0.188 e. The molecular formula is C15H23IN4S. The minimum Gasteiger partial charge on any atom is -0.370 e. The fraction of sp³-hybridized carbons (Fsp3) is 0.467. The van der Waals surface area contributed by atoms with Crippen molar-refractivity contribution in [3.63, 3.8) is 0 Å². The molecule has 116 valence electrons. The molecule has 0 saturated carbocycles. The fourth-order valence-corrected chi connectivity index (χ4v) is 2.87. The number of guanidine groups is 1. The summed E-state index contributed by atoms with van der Waals surface area (Å²) >= 11 is 1.76. The molecule has 0 aliphatic heterocycles. The molecule has 4 nitrogen and oxygen atoms in total. The largest absolute Gasteiger partial charge is 0.370 e. The quantitative estimate of drug-likeness (QED) is 0.327. The molecule has 0 radical (unpaired) electrons. The lowest BCUT2D eigenvalue weighted by Gasteiger charge is -2.11. The van der Waals surface area contributed by atoms with Gasteiger partial charge in [-0.1, -0.05) is 19.1 Å². The van der Waals surface area contributed by atoms with E-state index in [-0.39, 0.29) is 24.0 Å². The Morgan fingerprint density at radius 1 is 1.43 bits per heavy atom. The topological polar surface area (TPSA) is 63.3 Å². The number of rotatable bonds is 6. The predicted molar refractivity (Wildman–Crippen MR) is 103 cm³/mol. The number of thiazole rings is 1. The summed E-state index contributed by atoms with van der Waals surface area (Å²) < 4.78 is 1.25. The van der Waals surface area contributed by atoms with Gasteiger partial charge in [-0.15, -0.1) is 35.3 Å². The van der Waals surface area contributed by atoms with E-state index in [0.29, 0.717) is 12.0 Å². The molecule has 1 heterocycles. The Morgan fingerprint density at radius 3 is 2.90 bits per heavy atom. The second-order valence-corrected chi connectivity index (χ2v) is 6.01. The Labute approximate surface area is 147 Å². The van der Waals surface area contributed by atoms with Gasteiger partial charge in [0.2, 0.25) is 0 Å². The lowest BCUT2D eigenvalue weighted by atomic mass is 10.3. The van der Waals surface area contributed by atoms with Crippen LogP contribution in [0, 0.1) is 0 Å². The van der Waals surface area contributed by atoms with Crippen molar-refractivity contribution in [1.82, 2.24) is 10.3 Å². The number of aromatic nitrogens is 1. The van der Waals surface area contributed by atoms with Crippen LogP contribution in [-0.4, -0.2) is 23.5 Å².